The van der Waals surface area contributed by atoms with Gasteiger partial charge in [0.2, 0.25) is 0 Å². The molecule has 42 heavy (non-hydrogen) atoms. The molecule has 1 aliphatic heterocycles. The molecule has 0 radical (unpaired) electrons. The van der Waals surface area contributed by atoms with Gasteiger partial charge in [0.15, 0.2) is 0 Å². The highest BCUT2D eigenvalue weighted by atomic mass is 35.5. The van der Waals surface area contributed by atoms with Crippen molar-refractivity contribution in [2.45, 2.75) is 110 Å². The lowest BCUT2D eigenvalue weighted by Gasteiger charge is -2.44. The van der Waals surface area contributed by atoms with Crippen molar-refractivity contribution < 1.29 is 14.2 Å². The van der Waals surface area contributed by atoms with Gasteiger partial charge in [0, 0.05) is 29.4 Å². The zero-order valence-electron chi connectivity index (χ0n) is 26.0. The minimum atomic E-state index is -0.552. The van der Waals surface area contributed by atoms with Crippen LogP contribution < -0.4 is 10.1 Å². The van der Waals surface area contributed by atoms with Crippen molar-refractivity contribution in [3.8, 4) is 5.75 Å². The number of ether oxygens (including phenoxy) is 3. The van der Waals surface area contributed by atoms with Crippen molar-refractivity contribution in [3.05, 3.63) is 94.0 Å². The molecule has 0 bridgehead atoms. The lowest BCUT2D eigenvalue weighted by atomic mass is 9.86. The minimum Gasteiger partial charge on any atom is -0.485 e. The molecule has 4 nitrogen and oxygen atoms in total. The standard InChI is InChI=1S/C37H48ClNO3/c1-36(2,3)29-16-14-27(15-17-29)25-41-35-34(40-21-20-26-10-7-6-8-11-26)32-23-31(18-19-33(32)42-37(35,4)5)39-24-28-12-9-13-30(38)22-28/h9,12-19,22-23,26,34-35,39H,6-8,10-11,20-21,24-25H2,1-5H3. The summed E-state index contributed by atoms with van der Waals surface area (Å²) in [6.45, 7) is 12.9. The van der Waals surface area contributed by atoms with Crippen LogP contribution in [-0.2, 0) is 28.0 Å². The Morgan fingerprint density at radius 2 is 1.67 bits per heavy atom. The van der Waals surface area contributed by atoms with Crippen molar-refractivity contribution in [1.82, 2.24) is 0 Å². The molecule has 1 fully saturated rings. The topological polar surface area (TPSA) is 39.7 Å². The van der Waals surface area contributed by atoms with Crippen molar-refractivity contribution in [3.63, 3.8) is 0 Å². The summed E-state index contributed by atoms with van der Waals surface area (Å²) < 4.78 is 20.1. The van der Waals surface area contributed by atoms with Crippen LogP contribution in [0.1, 0.15) is 102 Å². The average molecular weight is 590 g/mol. The Bertz CT molecular complexity index is 1310. The lowest BCUT2D eigenvalue weighted by Crippen LogP contribution is -2.51. The predicted molar refractivity (Wildman–Crippen MR) is 174 cm³/mol. The molecule has 2 aliphatic rings. The molecule has 2 unspecified atom stereocenters. The van der Waals surface area contributed by atoms with E-state index in [1.165, 1.54) is 37.7 Å². The molecule has 0 spiro atoms. The average Bonchev–Trinajstić information content (AvgIpc) is 2.96. The summed E-state index contributed by atoms with van der Waals surface area (Å²) in [5.41, 5.74) is 5.25. The molecule has 1 saturated carbocycles. The highest BCUT2D eigenvalue weighted by molar-refractivity contribution is 6.30. The maximum atomic E-state index is 6.80. The Hall–Kier alpha value is -2.53. The molecule has 5 heteroatoms. The fourth-order valence-electron chi connectivity index (χ4n) is 6.28. The van der Waals surface area contributed by atoms with E-state index >= 15 is 0 Å². The van der Waals surface area contributed by atoms with Crippen LogP contribution in [0.2, 0.25) is 5.02 Å². The molecule has 0 saturated heterocycles. The van der Waals surface area contributed by atoms with Gasteiger partial charge in [0.05, 0.1) is 6.61 Å². The Morgan fingerprint density at radius 1 is 0.905 bits per heavy atom. The number of fused-ring (bicyclic) bond motifs is 1. The summed E-state index contributed by atoms with van der Waals surface area (Å²) in [6.07, 6.45) is 7.31. The maximum absolute atomic E-state index is 6.80. The van der Waals surface area contributed by atoms with Crippen molar-refractivity contribution in [1.29, 1.82) is 0 Å². The number of hydrogen-bond donors (Lipinski definition) is 1. The largest absolute Gasteiger partial charge is 0.485 e. The summed E-state index contributed by atoms with van der Waals surface area (Å²) in [6, 6.07) is 23.1. The van der Waals surface area contributed by atoms with E-state index < -0.39 is 5.60 Å². The van der Waals surface area contributed by atoms with E-state index in [2.05, 4.69) is 88.5 Å². The summed E-state index contributed by atoms with van der Waals surface area (Å²) in [7, 11) is 0. The van der Waals surface area contributed by atoms with E-state index in [1.807, 2.05) is 18.2 Å². The highest BCUT2D eigenvalue weighted by Crippen LogP contribution is 2.45. The Kier molecular flexibility index (Phi) is 9.87. The van der Waals surface area contributed by atoms with Gasteiger partial charge in [-0.15, -0.1) is 0 Å². The second kappa shape index (κ2) is 13.4. The van der Waals surface area contributed by atoms with Gasteiger partial charge in [-0.05, 0) is 78.6 Å². The number of hydrogen-bond acceptors (Lipinski definition) is 4. The van der Waals surface area contributed by atoms with Crippen LogP contribution in [0.4, 0.5) is 5.69 Å². The normalized spacial score (nSPS) is 20.5. The van der Waals surface area contributed by atoms with E-state index in [4.69, 9.17) is 25.8 Å². The van der Waals surface area contributed by atoms with Crippen LogP contribution in [0.3, 0.4) is 0 Å². The molecule has 3 aromatic rings. The van der Waals surface area contributed by atoms with Gasteiger partial charge < -0.3 is 19.5 Å². The van der Waals surface area contributed by atoms with Crippen LogP contribution in [-0.4, -0.2) is 18.3 Å². The third-order valence-corrected chi connectivity index (χ3v) is 9.07. The van der Waals surface area contributed by atoms with Crippen LogP contribution >= 0.6 is 11.6 Å². The first kappa shape index (κ1) is 30.9. The van der Waals surface area contributed by atoms with Crippen molar-refractivity contribution in [2.24, 2.45) is 5.92 Å². The third kappa shape index (κ3) is 7.89. The number of nitrogens with one attached hydrogen (secondary N) is 1. The smallest absolute Gasteiger partial charge is 0.132 e. The maximum Gasteiger partial charge on any atom is 0.132 e. The number of anilines is 1. The summed E-state index contributed by atoms with van der Waals surface area (Å²) in [4.78, 5) is 0. The predicted octanol–water partition coefficient (Wildman–Crippen LogP) is 10.0. The first-order chi connectivity index (χ1) is 20.1. The number of benzene rings is 3. The molecule has 226 valence electrons. The van der Waals surface area contributed by atoms with Gasteiger partial charge in [0.1, 0.15) is 23.6 Å². The first-order valence-corrected chi connectivity index (χ1v) is 16.1. The molecular formula is C37H48ClNO3. The van der Waals surface area contributed by atoms with E-state index in [0.29, 0.717) is 13.2 Å². The summed E-state index contributed by atoms with van der Waals surface area (Å²) >= 11 is 6.21. The number of halogens is 1. The molecule has 1 N–H and O–H groups in total. The lowest BCUT2D eigenvalue weighted by molar-refractivity contribution is -0.168. The summed E-state index contributed by atoms with van der Waals surface area (Å²) in [5, 5.41) is 4.31. The second-order valence-electron chi connectivity index (χ2n) is 13.7. The van der Waals surface area contributed by atoms with Crippen LogP contribution in [0.15, 0.2) is 66.7 Å². The Labute approximate surface area is 258 Å². The van der Waals surface area contributed by atoms with Gasteiger partial charge in [0.25, 0.3) is 0 Å². The Balaban J connectivity index is 1.36. The molecule has 1 aliphatic carbocycles. The first-order valence-electron chi connectivity index (χ1n) is 15.7. The van der Waals surface area contributed by atoms with Crippen molar-refractivity contribution >= 4 is 17.3 Å². The number of rotatable bonds is 10. The van der Waals surface area contributed by atoms with E-state index in [-0.39, 0.29) is 17.6 Å². The van der Waals surface area contributed by atoms with E-state index in [9.17, 15) is 0 Å². The van der Waals surface area contributed by atoms with Crippen LogP contribution in [0.25, 0.3) is 0 Å². The molecule has 0 amide bonds. The van der Waals surface area contributed by atoms with E-state index in [0.717, 1.165) is 52.1 Å². The van der Waals surface area contributed by atoms with Gasteiger partial charge >= 0.3 is 0 Å². The minimum absolute atomic E-state index is 0.123. The van der Waals surface area contributed by atoms with Gasteiger partial charge in [-0.2, -0.15) is 0 Å². The fourth-order valence-corrected chi connectivity index (χ4v) is 6.50. The Morgan fingerprint density at radius 3 is 2.38 bits per heavy atom. The molecular weight excluding hydrogens is 542 g/mol. The van der Waals surface area contributed by atoms with Gasteiger partial charge in [-0.1, -0.05) is 101 Å². The van der Waals surface area contributed by atoms with Gasteiger partial charge in [-0.25, -0.2) is 0 Å². The zero-order valence-corrected chi connectivity index (χ0v) is 26.8. The highest BCUT2D eigenvalue weighted by Gasteiger charge is 2.45. The monoisotopic (exact) mass is 589 g/mol. The SMILES string of the molecule is CC(C)(C)c1ccc(COC2C(OCCC3CCCCC3)c3cc(NCc4cccc(Cl)c4)ccc3OC2(C)C)cc1. The van der Waals surface area contributed by atoms with Crippen LogP contribution in [0, 0.1) is 5.92 Å². The van der Waals surface area contributed by atoms with Crippen molar-refractivity contribution in [2.75, 3.05) is 11.9 Å². The van der Waals surface area contributed by atoms with E-state index in [1.54, 1.807) is 0 Å². The molecule has 3 aromatic carbocycles. The zero-order chi connectivity index (χ0) is 29.7. The second-order valence-corrected chi connectivity index (χ2v) is 14.1. The summed E-state index contributed by atoms with van der Waals surface area (Å²) in [5.74, 6) is 1.63. The van der Waals surface area contributed by atoms with Gasteiger partial charge in [-0.3, -0.25) is 0 Å². The van der Waals surface area contributed by atoms with Crippen LogP contribution in [0.5, 0.6) is 5.75 Å². The third-order valence-electron chi connectivity index (χ3n) is 8.83. The molecule has 1 heterocycles. The molecule has 0 aromatic heterocycles. The fraction of sp³-hybridized carbons (Fsp3) is 0.514. The molecule has 5 rings (SSSR count). The molecule has 2 atom stereocenters. The quantitative estimate of drug-likeness (QED) is 0.255.